The number of aryl methyl sites for hydroxylation is 1. The van der Waals surface area contributed by atoms with E-state index < -0.39 is 6.04 Å². The van der Waals surface area contributed by atoms with Crippen LogP contribution in [0.5, 0.6) is 0 Å². The number of benzene rings is 1. The third kappa shape index (κ3) is 2.12. The van der Waals surface area contributed by atoms with Gasteiger partial charge in [0, 0.05) is 5.56 Å². The lowest BCUT2D eigenvalue weighted by Crippen LogP contribution is -2.26. The molecule has 3 heteroatoms. The molecule has 0 fully saturated rings. The summed E-state index contributed by atoms with van der Waals surface area (Å²) in [6.07, 6.45) is 0. The molecule has 0 amide bonds. The summed E-state index contributed by atoms with van der Waals surface area (Å²) in [6.45, 7) is 3.23. The van der Waals surface area contributed by atoms with Crippen LogP contribution in [0.3, 0.4) is 0 Å². The van der Waals surface area contributed by atoms with Crippen molar-refractivity contribution in [2.45, 2.75) is 19.9 Å². The average Bonchev–Trinajstić information content (AvgIpc) is 2.08. The van der Waals surface area contributed by atoms with Crippen molar-refractivity contribution in [3.63, 3.8) is 0 Å². The van der Waals surface area contributed by atoms with Crippen molar-refractivity contribution in [2.24, 2.45) is 5.73 Å². The smallest absolute Gasteiger partial charge is 0.179 e. The topological polar surface area (TPSA) is 43.1 Å². The Morgan fingerprint density at radius 3 is 2.62 bits per heavy atom. The number of carbonyl (C=O) groups is 1. The van der Waals surface area contributed by atoms with Gasteiger partial charge in [-0.1, -0.05) is 12.1 Å². The first-order chi connectivity index (χ1) is 6.02. The summed E-state index contributed by atoms with van der Waals surface area (Å²) >= 11 is 0. The van der Waals surface area contributed by atoms with Crippen LogP contribution in [0, 0.1) is 12.7 Å². The van der Waals surface area contributed by atoms with Gasteiger partial charge in [0.2, 0.25) is 0 Å². The van der Waals surface area contributed by atoms with Gasteiger partial charge in [-0.25, -0.2) is 4.39 Å². The van der Waals surface area contributed by atoms with Crippen LogP contribution in [0.25, 0.3) is 0 Å². The molecular formula is C10H12FNO. The molecule has 0 aromatic heterocycles. The summed E-state index contributed by atoms with van der Waals surface area (Å²) in [5.41, 5.74) is 6.24. The van der Waals surface area contributed by atoms with Crippen LogP contribution in [0.1, 0.15) is 22.8 Å². The Kier molecular flexibility index (Phi) is 2.78. The molecule has 0 bridgehead atoms. The zero-order valence-corrected chi connectivity index (χ0v) is 7.67. The van der Waals surface area contributed by atoms with Gasteiger partial charge < -0.3 is 5.73 Å². The molecule has 1 aromatic rings. The number of Topliss-reactive ketones (excluding diaryl/α,β-unsaturated/α-hetero) is 1. The Bertz CT molecular complexity index is 334. The number of hydrogen-bond acceptors (Lipinski definition) is 2. The lowest BCUT2D eigenvalue weighted by Gasteiger charge is -2.04. The van der Waals surface area contributed by atoms with Gasteiger partial charge >= 0.3 is 0 Å². The summed E-state index contributed by atoms with van der Waals surface area (Å²) in [4.78, 5) is 11.3. The quantitative estimate of drug-likeness (QED) is 0.705. The van der Waals surface area contributed by atoms with Crippen LogP contribution in [-0.4, -0.2) is 11.8 Å². The summed E-state index contributed by atoms with van der Waals surface area (Å²) in [5, 5.41) is 0. The van der Waals surface area contributed by atoms with Gasteiger partial charge in [-0.2, -0.15) is 0 Å². The number of nitrogens with two attached hydrogens (primary N) is 1. The predicted molar refractivity (Wildman–Crippen MR) is 49.1 cm³/mol. The van der Waals surface area contributed by atoms with Crippen LogP contribution < -0.4 is 5.73 Å². The van der Waals surface area contributed by atoms with Gasteiger partial charge in [0.1, 0.15) is 5.82 Å². The Hall–Kier alpha value is -1.22. The van der Waals surface area contributed by atoms with E-state index in [1.807, 2.05) is 0 Å². The van der Waals surface area contributed by atoms with E-state index in [0.29, 0.717) is 11.1 Å². The molecule has 0 saturated heterocycles. The van der Waals surface area contributed by atoms with Crippen LogP contribution in [0.2, 0.25) is 0 Å². The van der Waals surface area contributed by atoms with E-state index in [4.69, 9.17) is 5.73 Å². The summed E-state index contributed by atoms with van der Waals surface area (Å²) < 4.78 is 13.0. The Morgan fingerprint density at radius 2 is 2.15 bits per heavy atom. The maximum absolute atomic E-state index is 13.0. The zero-order chi connectivity index (χ0) is 10.0. The molecule has 1 unspecified atom stereocenters. The average molecular weight is 181 g/mol. The van der Waals surface area contributed by atoms with Gasteiger partial charge in [0.25, 0.3) is 0 Å². The fourth-order valence-electron chi connectivity index (χ4n) is 1.01. The first kappa shape index (κ1) is 9.86. The molecule has 0 aliphatic heterocycles. The molecule has 0 saturated carbocycles. The second-order valence-electron chi connectivity index (χ2n) is 3.12. The zero-order valence-electron chi connectivity index (χ0n) is 7.67. The van der Waals surface area contributed by atoms with Gasteiger partial charge in [0.15, 0.2) is 5.78 Å². The predicted octanol–water partition coefficient (Wildman–Crippen LogP) is 1.66. The number of ketones is 1. The van der Waals surface area contributed by atoms with Crippen LogP contribution >= 0.6 is 0 Å². The second-order valence-corrected chi connectivity index (χ2v) is 3.12. The SMILES string of the molecule is Cc1ccc(C(=O)C(C)N)cc1F. The first-order valence-corrected chi connectivity index (χ1v) is 4.08. The monoisotopic (exact) mass is 181 g/mol. The third-order valence-corrected chi connectivity index (χ3v) is 1.87. The van der Waals surface area contributed by atoms with E-state index in [0.717, 1.165) is 0 Å². The van der Waals surface area contributed by atoms with Crippen LogP contribution in [-0.2, 0) is 0 Å². The molecule has 0 heterocycles. The molecule has 2 nitrogen and oxygen atoms in total. The van der Waals surface area contributed by atoms with Crippen molar-refractivity contribution in [2.75, 3.05) is 0 Å². The van der Waals surface area contributed by atoms with E-state index in [2.05, 4.69) is 0 Å². The van der Waals surface area contributed by atoms with Gasteiger partial charge in [-0.15, -0.1) is 0 Å². The molecule has 1 rings (SSSR count). The number of hydrogen-bond donors (Lipinski definition) is 1. The van der Waals surface area contributed by atoms with Gasteiger partial charge in [-0.3, -0.25) is 4.79 Å². The molecule has 0 radical (unpaired) electrons. The minimum absolute atomic E-state index is 0.237. The van der Waals surface area contributed by atoms with Crippen LogP contribution in [0.15, 0.2) is 18.2 Å². The highest BCUT2D eigenvalue weighted by atomic mass is 19.1. The normalized spacial score (nSPS) is 12.6. The largest absolute Gasteiger partial charge is 0.321 e. The van der Waals surface area contributed by atoms with Gasteiger partial charge in [-0.05, 0) is 25.5 Å². The fraction of sp³-hybridized carbons (Fsp3) is 0.300. The van der Waals surface area contributed by atoms with Crippen molar-refractivity contribution in [3.8, 4) is 0 Å². The summed E-state index contributed by atoms with van der Waals surface area (Å²) in [5.74, 6) is -0.606. The molecule has 1 atom stereocenters. The number of halogens is 1. The summed E-state index contributed by atoms with van der Waals surface area (Å²) in [7, 11) is 0. The molecule has 0 aliphatic carbocycles. The van der Waals surface area contributed by atoms with E-state index in [9.17, 15) is 9.18 Å². The molecule has 1 aromatic carbocycles. The minimum atomic E-state index is -0.581. The molecule has 70 valence electrons. The highest BCUT2D eigenvalue weighted by Gasteiger charge is 2.11. The van der Waals surface area contributed by atoms with Crippen LogP contribution in [0.4, 0.5) is 4.39 Å². The van der Waals surface area contributed by atoms with E-state index in [1.165, 1.54) is 6.07 Å². The fourth-order valence-corrected chi connectivity index (χ4v) is 1.01. The van der Waals surface area contributed by atoms with E-state index in [1.54, 1.807) is 26.0 Å². The molecule has 0 spiro atoms. The van der Waals surface area contributed by atoms with Crippen molar-refractivity contribution >= 4 is 5.78 Å². The lowest BCUT2D eigenvalue weighted by molar-refractivity contribution is 0.0967. The maximum Gasteiger partial charge on any atom is 0.179 e. The maximum atomic E-state index is 13.0. The highest BCUT2D eigenvalue weighted by Crippen LogP contribution is 2.10. The summed E-state index contributed by atoms with van der Waals surface area (Å²) in [6, 6.07) is 3.80. The standard InChI is InChI=1S/C10H12FNO/c1-6-3-4-8(5-9(6)11)10(13)7(2)12/h3-5,7H,12H2,1-2H3. The number of carbonyl (C=O) groups excluding carboxylic acids is 1. The Morgan fingerprint density at radius 1 is 1.54 bits per heavy atom. The highest BCUT2D eigenvalue weighted by molar-refractivity contribution is 5.99. The second kappa shape index (κ2) is 3.66. The van der Waals surface area contributed by atoms with Crippen molar-refractivity contribution in [1.29, 1.82) is 0 Å². The lowest BCUT2D eigenvalue weighted by atomic mass is 10.0. The third-order valence-electron chi connectivity index (χ3n) is 1.87. The van der Waals surface area contributed by atoms with E-state index >= 15 is 0 Å². The van der Waals surface area contributed by atoms with Gasteiger partial charge in [0.05, 0.1) is 6.04 Å². The number of rotatable bonds is 2. The Labute approximate surface area is 76.6 Å². The van der Waals surface area contributed by atoms with Crippen molar-refractivity contribution in [1.82, 2.24) is 0 Å². The Balaban J connectivity index is 3.04. The molecule has 0 aliphatic rings. The first-order valence-electron chi connectivity index (χ1n) is 4.08. The molecule has 13 heavy (non-hydrogen) atoms. The van der Waals surface area contributed by atoms with Crippen molar-refractivity contribution < 1.29 is 9.18 Å². The molecular weight excluding hydrogens is 169 g/mol. The molecule has 2 N–H and O–H groups in total. The van der Waals surface area contributed by atoms with E-state index in [-0.39, 0.29) is 11.6 Å². The van der Waals surface area contributed by atoms with Crippen molar-refractivity contribution in [3.05, 3.63) is 35.1 Å². The minimum Gasteiger partial charge on any atom is -0.321 e.